The number of hydrogen-bond acceptors (Lipinski definition) is 7. The van der Waals surface area contributed by atoms with Crippen LogP contribution in [-0.2, 0) is 28.3 Å². The summed E-state index contributed by atoms with van der Waals surface area (Å²) in [6, 6.07) is 0. The Kier molecular flexibility index (Phi) is 5.96. The van der Waals surface area contributed by atoms with E-state index in [9.17, 15) is 18.4 Å². The van der Waals surface area contributed by atoms with Crippen LogP contribution >= 0.6 is 12.9 Å². The first-order valence-electron chi connectivity index (χ1n) is 13.4. The predicted octanol–water partition coefficient (Wildman–Crippen LogP) is 5.51. The van der Waals surface area contributed by atoms with E-state index in [0.29, 0.717) is 36.5 Å². The number of ether oxygens (including phenoxy) is 2. The first-order chi connectivity index (χ1) is 16.6. The van der Waals surface area contributed by atoms with Gasteiger partial charge in [0.25, 0.3) is 0 Å². The van der Waals surface area contributed by atoms with Gasteiger partial charge in [0.15, 0.2) is 0 Å². The molecule has 35 heavy (non-hydrogen) atoms. The molecule has 6 nitrogen and oxygen atoms in total. The largest absolute Gasteiger partial charge is 0.483 e. The predicted molar refractivity (Wildman–Crippen MR) is 123 cm³/mol. The molecule has 8 atom stereocenters. The maximum Gasteiger partial charge on any atom is 0.483 e. The lowest BCUT2D eigenvalue weighted by atomic mass is 9.48. The van der Waals surface area contributed by atoms with Crippen molar-refractivity contribution in [3.63, 3.8) is 0 Å². The molecule has 7 saturated carbocycles. The minimum atomic E-state index is -4.22. The maximum absolute atomic E-state index is 13.6. The summed E-state index contributed by atoms with van der Waals surface area (Å²) in [6.45, 7) is 2.24. The van der Waals surface area contributed by atoms with Crippen molar-refractivity contribution in [2.75, 3.05) is 6.61 Å². The van der Waals surface area contributed by atoms with Crippen molar-refractivity contribution in [3.05, 3.63) is 0 Å². The molecule has 8 unspecified atom stereocenters. The highest BCUT2D eigenvalue weighted by Crippen LogP contribution is 2.64. The number of hydrogen-bond donors (Lipinski definition) is 1. The molecule has 7 aliphatic rings. The SMILES string of the molecule is CC1CC2C3CC(CC(=O)OC45CC6CC(CC(COC(=O)C(F)(F)OOS)(C6)C4)C5)C(C3)C2C1. The van der Waals surface area contributed by atoms with Crippen LogP contribution in [0.25, 0.3) is 0 Å². The highest BCUT2D eigenvalue weighted by Gasteiger charge is 2.61. The molecule has 0 aromatic carbocycles. The summed E-state index contributed by atoms with van der Waals surface area (Å²) in [5.41, 5.74) is -0.986. The van der Waals surface area contributed by atoms with E-state index >= 15 is 0 Å². The number of fused-ring (bicyclic) bond motifs is 5. The van der Waals surface area contributed by atoms with Gasteiger partial charge in [-0.25, -0.2) is 4.79 Å². The zero-order chi connectivity index (χ0) is 24.6. The Morgan fingerprint density at radius 3 is 2.40 bits per heavy atom. The third-order valence-electron chi connectivity index (χ3n) is 10.6. The fraction of sp³-hybridized carbons (Fsp3) is 0.923. The number of carbonyl (C=O) groups excluding carboxylic acids is 2. The topological polar surface area (TPSA) is 71.1 Å². The fourth-order valence-electron chi connectivity index (χ4n) is 10.3. The third kappa shape index (κ3) is 4.31. The van der Waals surface area contributed by atoms with Crippen LogP contribution in [0.15, 0.2) is 0 Å². The number of rotatable bonds is 8. The molecular formula is C26H36F2O6S. The molecule has 7 rings (SSSR count). The van der Waals surface area contributed by atoms with Gasteiger partial charge in [0.1, 0.15) is 5.60 Å². The number of esters is 2. The summed E-state index contributed by atoms with van der Waals surface area (Å²) in [5, 5.41) is 0. The highest BCUT2D eigenvalue weighted by molar-refractivity contribution is 7.74. The van der Waals surface area contributed by atoms with E-state index in [2.05, 4.69) is 29.1 Å². The second kappa shape index (κ2) is 8.55. The van der Waals surface area contributed by atoms with Gasteiger partial charge in [-0.1, -0.05) is 6.92 Å². The van der Waals surface area contributed by atoms with Crippen molar-refractivity contribution in [2.45, 2.75) is 89.3 Å². The molecule has 196 valence electrons. The smallest absolute Gasteiger partial charge is 0.459 e. The van der Waals surface area contributed by atoms with Crippen LogP contribution < -0.4 is 0 Å². The fourth-order valence-corrected chi connectivity index (χ4v) is 10.3. The normalized spacial score (nSPS) is 47.2. The van der Waals surface area contributed by atoms with Gasteiger partial charge >= 0.3 is 18.0 Å². The molecule has 0 heterocycles. The Morgan fingerprint density at radius 2 is 1.69 bits per heavy atom. The van der Waals surface area contributed by atoms with E-state index in [0.717, 1.165) is 62.2 Å². The lowest BCUT2D eigenvalue weighted by Gasteiger charge is -2.60. The molecule has 0 N–H and O–H groups in total. The van der Waals surface area contributed by atoms with Crippen molar-refractivity contribution < 1.29 is 37.1 Å². The molecule has 0 radical (unpaired) electrons. The molecule has 0 aliphatic heterocycles. The summed E-state index contributed by atoms with van der Waals surface area (Å²) in [6.07, 6.45) is 6.32. The van der Waals surface area contributed by atoms with Gasteiger partial charge in [-0.2, -0.15) is 13.1 Å². The summed E-state index contributed by atoms with van der Waals surface area (Å²) < 4.78 is 42.3. The summed E-state index contributed by atoms with van der Waals surface area (Å²) in [5.74, 6) is 3.25. The lowest BCUT2D eigenvalue weighted by molar-refractivity contribution is -0.370. The molecule has 0 aromatic rings. The van der Waals surface area contributed by atoms with Crippen molar-refractivity contribution >= 4 is 24.8 Å². The van der Waals surface area contributed by atoms with E-state index in [1.807, 2.05) is 0 Å². The van der Waals surface area contributed by atoms with Crippen molar-refractivity contribution in [2.24, 2.45) is 52.8 Å². The Labute approximate surface area is 210 Å². The quantitative estimate of drug-likeness (QED) is 0.152. The summed E-state index contributed by atoms with van der Waals surface area (Å²) >= 11 is 3.11. The van der Waals surface area contributed by atoms with Crippen LogP contribution in [0.3, 0.4) is 0 Å². The number of halogens is 2. The van der Waals surface area contributed by atoms with E-state index in [1.165, 1.54) is 19.3 Å². The molecule has 0 aromatic heterocycles. The van der Waals surface area contributed by atoms with E-state index in [4.69, 9.17) is 9.47 Å². The first kappa shape index (κ1) is 24.4. The Hall–Kier alpha value is -0.930. The average molecular weight is 515 g/mol. The first-order valence-corrected chi connectivity index (χ1v) is 13.7. The Balaban J connectivity index is 1.09. The number of thiol groups is 1. The lowest BCUT2D eigenvalue weighted by Crippen LogP contribution is -2.59. The zero-order valence-electron chi connectivity index (χ0n) is 20.3. The van der Waals surface area contributed by atoms with Gasteiger partial charge in [0.2, 0.25) is 0 Å². The third-order valence-corrected chi connectivity index (χ3v) is 10.7. The summed E-state index contributed by atoms with van der Waals surface area (Å²) in [7, 11) is 0. The average Bonchev–Trinajstić information content (AvgIpc) is 3.41. The highest BCUT2D eigenvalue weighted by atomic mass is 32.1. The van der Waals surface area contributed by atoms with Crippen LogP contribution in [0.4, 0.5) is 8.78 Å². The second-order valence-electron chi connectivity index (χ2n) is 13.1. The molecule has 6 bridgehead atoms. The van der Waals surface area contributed by atoms with E-state index < -0.39 is 23.1 Å². The number of carbonyl (C=O) groups is 2. The van der Waals surface area contributed by atoms with Crippen molar-refractivity contribution in [1.29, 1.82) is 0 Å². The number of alkyl halides is 2. The minimum Gasteiger partial charge on any atom is -0.459 e. The molecule has 0 spiro atoms. The van der Waals surface area contributed by atoms with Gasteiger partial charge in [0, 0.05) is 24.7 Å². The van der Waals surface area contributed by atoms with Gasteiger partial charge in [-0.15, -0.1) is 4.89 Å². The van der Waals surface area contributed by atoms with Crippen LogP contribution in [0.1, 0.15) is 77.6 Å². The molecule has 0 saturated heterocycles. The Morgan fingerprint density at radius 1 is 0.971 bits per heavy atom. The zero-order valence-corrected chi connectivity index (χ0v) is 21.2. The van der Waals surface area contributed by atoms with E-state index in [-0.39, 0.29) is 12.6 Å². The van der Waals surface area contributed by atoms with Crippen LogP contribution in [0, 0.1) is 52.8 Å². The van der Waals surface area contributed by atoms with E-state index in [1.54, 1.807) is 0 Å². The monoisotopic (exact) mass is 514 g/mol. The molecule has 9 heteroatoms. The van der Waals surface area contributed by atoms with Gasteiger partial charge in [-0.05, 0) is 112 Å². The molecule has 7 fully saturated rings. The second-order valence-corrected chi connectivity index (χ2v) is 13.3. The molecular weight excluding hydrogens is 478 g/mol. The Bertz CT molecular complexity index is 868. The maximum atomic E-state index is 13.6. The van der Waals surface area contributed by atoms with Crippen molar-refractivity contribution in [1.82, 2.24) is 0 Å². The van der Waals surface area contributed by atoms with Gasteiger partial charge in [0.05, 0.1) is 6.61 Å². The molecule has 7 aliphatic carbocycles. The molecule has 0 amide bonds. The van der Waals surface area contributed by atoms with Gasteiger partial charge < -0.3 is 9.47 Å². The van der Waals surface area contributed by atoms with Crippen LogP contribution in [-0.4, -0.2) is 30.3 Å². The minimum absolute atomic E-state index is 0.0925. The standard InChI is InChI=1S/C26H36F2O6S/c1-14-2-19-17-5-18(20(6-17)21(19)3-14)7-22(29)32-25-10-15-4-16(11-25)9-24(8-15,12-25)13-31-23(30)26(27,28)33-34-35/h14-21,35H,2-13H2,1H3. The summed E-state index contributed by atoms with van der Waals surface area (Å²) in [4.78, 5) is 28.7. The van der Waals surface area contributed by atoms with Gasteiger partial charge in [-0.3, -0.25) is 4.79 Å². The van der Waals surface area contributed by atoms with Crippen LogP contribution in [0.2, 0.25) is 0 Å². The van der Waals surface area contributed by atoms with Crippen LogP contribution in [0.5, 0.6) is 0 Å². The van der Waals surface area contributed by atoms with Crippen molar-refractivity contribution in [3.8, 4) is 0 Å².